The summed E-state index contributed by atoms with van der Waals surface area (Å²) in [6.45, 7) is 45.0. The van der Waals surface area contributed by atoms with E-state index in [4.69, 9.17) is 61.1 Å². The average Bonchev–Trinajstić information content (AvgIpc) is 1.54. The number of non-ortho nitro benzene ring substituents is 1. The summed E-state index contributed by atoms with van der Waals surface area (Å²) in [5, 5.41) is 17.2. The number of H-pyrrole nitrogens is 2. The monoisotopic (exact) mass is 1530 g/mol. The lowest BCUT2D eigenvalue weighted by atomic mass is 10.1. The zero-order valence-corrected chi connectivity index (χ0v) is 68.0. The second-order valence-electron chi connectivity index (χ2n) is 29.1. The van der Waals surface area contributed by atoms with Crippen LogP contribution in [0.4, 0.5) is 27.2 Å². The number of rotatable bonds is 24. The Morgan fingerprint density at radius 1 is 0.654 bits per heavy atom. The van der Waals surface area contributed by atoms with Crippen LogP contribution in [0.3, 0.4) is 0 Å². The lowest BCUT2D eigenvalue weighted by Crippen LogP contribution is -2.66. The Labute approximate surface area is 611 Å². The van der Waals surface area contributed by atoms with Gasteiger partial charge < -0.3 is 76.6 Å². The van der Waals surface area contributed by atoms with Crippen molar-refractivity contribution in [2.75, 3.05) is 65.5 Å². The number of nitrogens with one attached hydrogen (secondary N) is 4. The number of allylic oxidation sites excluding steroid dienone is 2. The van der Waals surface area contributed by atoms with Crippen molar-refractivity contribution in [1.29, 1.82) is 0 Å². The Bertz CT molecular complexity index is 4010. The summed E-state index contributed by atoms with van der Waals surface area (Å²) in [6.07, 6.45) is -4.96. The third-order valence-corrected chi connectivity index (χ3v) is 40.0. The number of anilines is 2. The van der Waals surface area contributed by atoms with Crippen LogP contribution in [0.5, 0.6) is 5.75 Å². The minimum Gasteiger partial charge on any atom is -0.438 e. The summed E-state index contributed by atoms with van der Waals surface area (Å²) in [7, 11) is -7.04. The Morgan fingerprint density at radius 3 is 1.38 bits per heavy atom. The van der Waals surface area contributed by atoms with Crippen LogP contribution in [0, 0.1) is 10.1 Å². The van der Waals surface area contributed by atoms with Crippen LogP contribution in [-0.4, -0.2) is 185 Å². The second kappa shape index (κ2) is 35.2. The first-order valence-corrected chi connectivity index (χ1v) is 43.7. The zero-order valence-electron chi connectivity index (χ0n) is 64.0. The number of nitrogen functional groups attached to an aromatic ring is 2. The number of carbonyl (C=O) groups is 2. The highest BCUT2D eigenvalue weighted by Gasteiger charge is 2.65. The lowest BCUT2D eigenvalue weighted by Gasteiger charge is -2.51. The van der Waals surface area contributed by atoms with Gasteiger partial charge in [-0.3, -0.25) is 38.8 Å². The second-order valence-corrected chi connectivity index (χ2v) is 46.8. The Kier molecular flexibility index (Phi) is 28.5. The highest BCUT2D eigenvalue weighted by Crippen LogP contribution is 2.51. The Morgan fingerprint density at radius 2 is 1.04 bits per heavy atom. The summed E-state index contributed by atoms with van der Waals surface area (Å²) in [6, 6.07) is 4.86. The van der Waals surface area contributed by atoms with Crippen molar-refractivity contribution in [2.24, 2.45) is 0 Å². The number of nitro benzene ring substituents is 1. The van der Waals surface area contributed by atoms with E-state index in [1.54, 1.807) is 14.1 Å². The fraction of sp³-hybridized carbons (Fsp3) is 0.672. The molecule has 8 atom stereocenters. The Balaban J connectivity index is 0.000000270. The molecule has 33 nitrogen and oxygen atoms in total. The topological polar surface area (TPSA) is 404 Å². The number of amides is 1. The smallest absolute Gasteiger partial charge is 0.438 e. The third kappa shape index (κ3) is 17.0. The molecule has 8 N–H and O–H groups in total. The van der Waals surface area contributed by atoms with E-state index in [2.05, 4.69) is 134 Å². The molecule has 580 valence electrons. The van der Waals surface area contributed by atoms with Gasteiger partial charge in [0.05, 0.1) is 18.1 Å². The number of nitro groups is 1. The molecule has 2 unspecified atom stereocenters. The third-order valence-electron chi connectivity index (χ3n) is 19.5. The van der Waals surface area contributed by atoms with Gasteiger partial charge >= 0.3 is 57.9 Å². The average molecular weight is 1530 g/mol. The molecule has 1 amide bonds. The molecule has 0 aliphatic carbocycles. The molecule has 0 bridgehead atoms. The number of ether oxygens (including phenoxy) is 5. The molecule has 4 aliphatic rings. The molecular weight excluding hydrogens is 1420 g/mol. The lowest BCUT2D eigenvalue weighted by molar-refractivity contribution is -0.384. The molecule has 4 aliphatic heterocycles. The normalized spacial score (nSPS) is 22.7. The van der Waals surface area contributed by atoms with E-state index in [-0.39, 0.29) is 116 Å². The number of hydrogen-bond acceptors (Lipinski definition) is 25. The summed E-state index contributed by atoms with van der Waals surface area (Å²) in [5.74, 6) is -0.457. The van der Waals surface area contributed by atoms with Crippen LogP contribution in [0.1, 0.15) is 143 Å². The van der Waals surface area contributed by atoms with Crippen molar-refractivity contribution in [3.8, 4) is 5.75 Å². The molecule has 1 aromatic carbocycles. The number of unbranched alkanes of at least 4 members (excludes halogenated alkanes) is 1. The predicted molar refractivity (Wildman–Crippen MR) is 404 cm³/mol. The predicted octanol–water partition coefficient (Wildman–Crippen LogP) is 9.17. The molecule has 37 heteroatoms. The van der Waals surface area contributed by atoms with E-state index in [1.807, 2.05) is 34.7 Å². The van der Waals surface area contributed by atoms with Gasteiger partial charge in [0.1, 0.15) is 30.2 Å². The van der Waals surface area contributed by atoms with Crippen molar-refractivity contribution in [2.45, 2.75) is 237 Å². The molecular formula is C67H112N14O19Si4. The minimum atomic E-state index is -3.31. The van der Waals surface area contributed by atoms with Crippen molar-refractivity contribution in [1.82, 2.24) is 53.7 Å². The number of nitrogens with zero attached hydrogens (tertiary/aromatic N) is 8. The van der Waals surface area contributed by atoms with Crippen molar-refractivity contribution < 1.29 is 64.1 Å². The molecule has 4 aromatic heterocycles. The summed E-state index contributed by atoms with van der Waals surface area (Å²) in [4.78, 5) is 107. The molecule has 0 saturated carbocycles. The van der Waals surface area contributed by atoms with E-state index in [0.717, 1.165) is 11.1 Å². The number of benzene rings is 1. The van der Waals surface area contributed by atoms with Crippen molar-refractivity contribution >= 4 is 86.4 Å². The molecule has 8 heterocycles. The maximum absolute atomic E-state index is 14.2. The van der Waals surface area contributed by atoms with Gasteiger partial charge in [0.2, 0.25) is 11.9 Å². The molecule has 104 heavy (non-hydrogen) atoms. The minimum absolute atomic E-state index is 0.00662. The SMILES string of the molecule is C=CCn1c(=O)n(C2O[C@@H]3CO[Si](C(C)C)(C(C)C)O[Si](C(C)C)(C(C)C)O[C@H]3[C@H]2OC(=O)N(C)CCNC)c2nc(N)[nH]c(=O)c21.C=CCn1c(=O)n(C2O[C@@H]3CO[Si](C(C)C)(C(C)C)O[Si](C(C)C)(C(C)C)O[C@H]3[C@H]2OC(=O)Oc2ccc([N+](=O)[O-])cc2)c2nc(N)[nH]c(=O)c21.CCCCNC. The van der Waals surface area contributed by atoms with E-state index in [1.165, 1.54) is 67.9 Å². The maximum Gasteiger partial charge on any atom is 0.514 e. The summed E-state index contributed by atoms with van der Waals surface area (Å²) >= 11 is 0. The molecule has 4 fully saturated rings. The highest BCUT2D eigenvalue weighted by molar-refractivity contribution is 6.84. The molecule has 5 aromatic rings. The molecule has 0 spiro atoms. The first-order valence-electron chi connectivity index (χ1n) is 35.9. The first-order chi connectivity index (χ1) is 48.9. The molecule has 0 radical (unpaired) electrons. The number of hydrogen-bond donors (Lipinski definition) is 6. The summed E-state index contributed by atoms with van der Waals surface area (Å²) in [5.41, 5.74) is 8.95. The quantitative estimate of drug-likeness (QED) is 0.00637. The molecule has 9 rings (SSSR count). The number of aromatic nitrogens is 8. The van der Waals surface area contributed by atoms with Crippen LogP contribution >= 0.6 is 0 Å². The number of aromatic amines is 2. The van der Waals surface area contributed by atoms with Crippen molar-refractivity contribution in [3.05, 3.63) is 101 Å². The van der Waals surface area contributed by atoms with Gasteiger partial charge in [0, 0.05) is 45.4 Å². The number of imidazole rings is 2. The fourth-order valence-electron chi connectivity index (χ4n) is 14.2. The van der Waals surface area contributed by atoms with E-state index >= 15 is 0 Å². The van der Waals surface area contributed by atoms with Gasteiger partial charge in [0.15, 0.2) is 47.0 Å². The van der Waals surface area contributed by atoms with Crippen molar-refractivity contribution in [3.63, 3.8) is 0 Å². The first kappa shape index (κ1) is 84.3. The highest BCUT2D eigenvalue weighted by atomic mass is 28.5. The standard InChI is InChI=1S/C32H46N6O11Si2.C30H53N7O8Si2.C5H13N/c1-10-15-36-24-27(34-30(33)35-28(24)39)37(31(36)40)29-26(47-32(41)45-22-13-11-21(12-14-22)38(42)43)25-23(46-29)16-44-50(17(2)3,18(4)5)49-51(48-25,19(6)7)20(8)9;1-12-14-36-22-25(33-28(31)34-26(22)38)37(29(36)39)27-24(43-30(40)35(11)15-13-32-10)23-21(42-27)16-41-46(17(2)3,18(4)5)45-47(44-23,19(6)7)20(8)9;1-3-4-5-6-2/h10-14,17-20,23,25-26,29H,1,15-16H2,2-9H3,(H3,33,34,35,39);12,17-21,23-24,27,32H,1,13-16H2,2-11H3,(H3,31,33,34,38);6H,3-5H2,1-2H3/t23-,25-,26-,29?;21-,23-,24-,27?;/m11./s1. The van der Waals surface area contributed by atoms with Gasteiger partial charge in [-0.15, -0.1) is 13.2 Å². The van der Waals surface area contributed by atoms with Crippen LogP contribution in [0.2, 0.25) is 44.3 Å². The van der Waals surface area contributed by atoms with Gasteiger partial charge in [-0.1, -0.05) is 136 Å². The van der Waals surface area contributed by atoms with Gasteiger partial charge in [-0.25, -0.2) is 28.3 Å². The number of nitrogens with two attached hydrogens (primary N) is 2. The Hall–Kier alpha value is -6.99. The zero-order chi connectivity index (χ0) is 77.4. The fourth-order valence-corrected chi connectivity index (χ4v) is 36.6. The summed E-state index contributed by atoms with van der Waals surface area (Å²) < 4.78 is 78.5. The maximum atomic E-state index is 14.2. The number of carbonyl (C=O) groups excluding carboxylic acids is 2. The molecule has 4 saturated heterocycles. The van der Waals surface area contributed by atoms with E-state index in [9.17, 15) is 38.9 Å². The number of fused-ring (bicyclic) bond motifs is 4. The van der Waals surface area contributed by atoms with Gasteiger partial charge in [-0.05, 0) is 83.5 Å². The largest absolute Gasteiger partial charge is 0.514 e. The van der Waals surface area contributed by atoms with Gasteiger partial charge in [-0.2, -0.15) is 9.97 Å². The van der Waals surface area contributed by atoms with Gasteiger partial charge in [0.25, 0.3) is 16.8 Å². The van der Waals surface area contributed by atoms with E-state index < -0.39 is 123 Å². The number of likely N-dealkylation sites (N-methyl/N-ethyl adjacent to an activating group) is 2. The van der Waals surface area contributed by atoms with Crippen LogP contribution in [0.25, 0.3) is 22.3 Å². The van der Waals surface area contributed by atoms with E-state index in [0.29, 0.717) is 13.1 Å². The van der Waals surface area contributed by atoms with Crippen LogP contribution < -0.4 is 49.3 Å². The van der Waals surface area contributed by atoms with Crippen LogP contribution in [-0.2, 0) is 58.0 Å². The van der Waals surface area contributed by atoms with Crippen LogP contribution in [0.15, 0.2) is 68.8 Å².